The Morgan fingerprint density at radius 2 is 2.18 bits per heavy atom. The van der Waals surface area contributed by atoms with Gasteiger partial charge in [-0.15, -0.1) is 0 Å². The highest BCUT2D eigenvalue weighted by Crippen LogP contribution is 2.27. The van der Waals surface area contributed by atoms with E-state index in [1.54, 1.807) is 12.1 Å². The number of carbonyl (C=O) groups is 1. The number of nitrogens with two attached hydrogens (primary N) is 1. The average molecular weight is 251 g/mol. The lowest BCUT2D eigenvalue weighted by Crippen LogP contribution is -2.01. The number of thiazole rings is 1. The molecule has 0 aromatic carbocycles. The second kappa shape index (κ2) is 4.79. The summed E-state index contributed by atoms with van der Waals surface area (Å²) in [5.74, 6) is -0.0765. The molecule has 0 unspecified atom stereocenters. The van der Waals surface area contributed by atoms with Gasteiger partial charge in [-0.2, -0.15) is 0 Å². The molecule has 17 heavy (non-hydrogen) atoms. The van der Waals surface area contributed by atoms with Gasteiger partial charge >= 0.3 is 5.97 Å². The largest absolute Gasteiger partial charge is 0.465 e. The van der Waals surface area contributed by atoms with Crippen molar-refractivity contribution in [3.63, 3.8) is 0 Å². The molecule has 2 heterocycles. The van der Waals surface area contributed by atoms with Gasteiger partial charge in [-0.1, -0.05) is 11.3 Å². The van der Waals surface area contributed by atoms with Crippen LogP contribution in [0.25, 0.3) is 0 Å². The topological polar surface area (TPSA) is 87.3 Å². The lowest BCUT2D eigenvalue weighted by atomic mass is 10.3. The van der Waals surface area contributed by atoms with Crippen LogP contribution in [-0.2, 0) is 4.74 Å². The SMILES string of the molecule is COC(=O)c1ccc(Oc2cnc(N)s2)nc1. The van der Waals surface area contributed by atoms with E-state index in [1.807, 2.05) is 0 Å². The lowest BCUT2D eigenvalue weighted by Gasteiger charge is -2.01. The van der Waals surface area contributed by atoms with Crippen LogP contribution < -0.4 is 10.5 Å². The Bertz CT molecular complexity index is 524. The van der Waals surface area contributed by atoms with E-state index in [1.165, 1.54) is 30.8 Å². The molecule has 7 heteroatoms. The highest BCUT2D eigenvalue weighted by atomic mass is 32.1. The summed E-state index contributed by atoms with van der Waals surface area (Å²) in [6, 6.07) is 3.14. The molecule has 0 saturated heterocycles. The number of rotatable bonds is 3. The van der Waals surface area contributed by atoms with Crippen LogP contribution >= 0.6 is 11.3 Å². The van der Waals surface area contributed by atoms with Crippen LogP contribution in [0.1, 0.15) is 10.4 Å². The molecular formula is C10H9N3O3S. The van der Waals surface area contributed by atoms with E-state index >= 15 is 0 Å². The first kappa shape index (κ1) is 11.3. The van der Waals surface area contributed by atoms with Crippen molar-refractivity contribution in [3.05, 3.63) is 30.1 Å². The molecule has 0 aliphatic rings. The second-order valence-electron chi connectivity index (χ2n) is 3.00. The molecular weight excluding hydrogens is 242 g/mol. The maximum atomic E-state index is 11.2. The fraction of sp³-hybridized carbons (Fsp3) is 0.100. The molecule has 2 N–H and O–H groups in total. The van der Waals surface area contributed by atoms with Gasteiger partial charge in [0.25, 0.3) is 0 Å². The minimum Gasteiger partial charge on any atom is -0.465 e. The molecule has 2 aromatic rings. The van der Waals surface area contributed by atoms with Crippen molar-refractivity contribution in [2.75, 3.05) is 12.8 Å². The number of aromatic nitrogens is 2. The number of nitrogen functional groups attached to an aromatic ring is 1. The number of nitrogens with zero attached hydrogens (tertiary/aromatic N) is 2. The van der Waals surface area contributed by atoms with Crippen molar-refractivity contribution in [2.45, 2.75) is 0 Å². The zero-order chi connectivity index (χ0) is 12.3. The van der Waals surface area contributed by atoms with Crippen LogP contribution in [0.15, 0.2) is 24.5 Å². The predicted octanol–water partition coefficient (Wildman–Crippen LogP) is 1.70. The summed E-state index contributed by atoms with van der Waals surface area (Å²) in [7, 11) is 1.31. The Kier molecular flexibility index (Phi) is 3.20. The van der Waals surface area contributed by atoms with E-state index in [4.69, 9.17) is 10.5 Å². The van der Waals surface area contributed by atoms with E-state index in [0.29, 0.717) is 21.6 Å². The van der Waals surface area contributed by atoms with E-state index < -0.39 is 5.97 Å². The van der Waals surface area contributed by atoms with Gasteiger partial charge in [0, 0.05) is 12.3 Å². The molecule has 88 valence electrons. The molecule has 0 radical (unpaired) electrons. The smallest absolute Gasteiger partial charge is 0.339 e. The number of esters is 1. The van der Waals surface area contributed by atoms with Crippen molar-refractivity contribution in [1.82, 2.24) is 9.97 Å². The summed E-state index contributed by atoms with van der Waals surface area (Å²) in [6.07, 6.45) is 2.89. The molecule has 0 fully saturated rings. The molecule has 0 bridgehead atoms. The number of ether oxygens (including phenoxy) is 2. The molecule has 2 aromatic heterocycles. The Labute approximate surface area is 101 Å². The maximum absolute atomic E-state index is 11.2. The van der Waals surface area contributed by atoms with Crippen molar-refractivity contribution in [1.29, 1.82) is 0 Å². The molecule has 0 spiro atoms. The number of hydrogen-bond acceptors (Lipinski definition) is 7. The summed E-state index contributed by atoms with van der Waals surface area (Å²) < 4.78 is 9.93. The molecule has 6 nitrogen and oxygen atoms in total. The Balaban J connectivity index is 2.10. The maximum Gasteiger partial charge on any atom is 0.339 e. The number of carbonyl (C=O) groups excluding carboxylic acids is 1. The second-order valence-corrected chi connectivity index (χ2v) is 4.02. The van der Waals surface area contributed by atoms with E-state index in [2.05, 4.69) is 14.7 Å². The third-order valence-corrected chi connectivity index (χ3v) is 2.57. The monoisotopic (exact) mass is 251 g/mol. The molecule has 2 rings (SSSR count). The Hall–Kier alpha value is -2.15. The van der Waals surface area contributed by atoms with Gasteiger partial charge in [0.2, 0.25) is 10.9 Å². The number of hydrogen-bond donors (Lipinski definition) is 1. The zero-order valence-electron chi connectivity index (χ0n) is 8.91. The quantitative estimate of drug-likeness (QED) is 0.835. The highest BCUT2D eigenvalue weighted by molar-refractivity contribution is 7.17. The van der Waals surface area contributed by atoms with Crippen molar-refractivity contribution in [2.24, 2.45) is 0 Å². The summed E-state index contributed by atoms with van der Waals surface area (Å²) in [5, 5.41) is 0.965. The molecule has 0 saturated carbocycles. The summed E-state index contributed by atoms with van der Waals surface area (Å²) >= 11 is 1.21. The van der Waals surface area contributed by atoms with Crippen molar-refractivity contribution >= 4 is 22.4 Å². The lowest BCUT2D eigenvalue weighted by molar-refractivity contribution is 0.0600. The minimum atomic E-state index is -0.439. The van der Waals surface area contributed by atoms with Gasteiger partial charge in [0.1, 0.15) is 0 Å². The number of methoxy groups -OCH3 is 1. The van der Waals surface area contributed by atoms with Gasteiger partial charge in [-0.05, 0) is 6.07 Å². The van der Waals surface area contributed by atoms with Crippen molar-refractivity contribution in [3.8, 4) is 10.9 Å². The van der Waals surface area contributed by atoms with Gasteiger partial charge in [-0.3, -0.25) is 0 Å². The summed E-state index contributed by atoms with van der Waals surface area (Å²) in [6.45, 7) is 0. The highest BCUT2D eigenvalue weighted by Gasteiger charge is 2.07. The van der Waals surface area contributed by atoms with E-state index in [-0.39, 0.29) is 0 Å². The fourth-order valence-corrected chi connectivity index (χ4v) is 1.65. The fourth-order valence-electron chi connectivity index (χ4n) is 1.10. The normalized spacial score (nSPS) is 9.94. The summed E-state index contributed by atoms with van der Waals surface area (Å²) in [4.78, 5) is 19.0. The number of anilines is 1. The average Bonchev–Trinajstić information content (AvgIpc) is 2.75. The van der Waals surface area contributed by atoms with Crippen LogP contribution in [0.2, 0.25) is 0 Å². The van der Waals surface area contributed by atoms with Gasteiger partial charge < -0.3 is 15.2 Å². The third kappa shape index (κ3) is 2.70. The van der Waals surface area contributed by atoms with Gasteiger partial charge in [-0.25, -0.2) is 14.8 Å². The first-order chi connectivity index (χ1) is 8.19. The first-order valence-electron chi connectivity index (χ1n) is 4.62. The van der Waals surface area contributed by atoms with Crippen LogP contribution in [0.5, 0.6) is 10.9 Å². The van der Waals surface area contributed by atoms with Crippen molar-refractivity contribution < 1.29 is 14.3 Å². The van der Waals surface area contributed by atoms with E-state index in [0.717, 1.165) is 0 Å². The van der Waals surface area contributed by atoms with Crippen LogP contribution in [0, 0.1) is 0 Å². The standard InChI is InChI=1S/C10H9N3O3S/c1-15-9(14)6-2-3-7(12-4-6)16-8-5-13-10(11)17-8/h2-5H,1H3,(H2,11,13). The molecule has 0 atom stereocenters. The third-order valence-electron chi connectivity index (χ3n) is 1.86. The minimum absolute atomic E-state index is 0.362. The Morgan fingerprint density at radius 1 is 1.35 bits per heavy atom. The van der Waals surface area contributed by atoms with Crippen LogP contribution in [-0.4, -0.2) is 23.0 Å². The van der Waals surface area contributed by atoms with Gasteiger partial charge in [0.05, 0.1) is 18.9 Å². The molecule has 0 aliphatic heterocycles. The predicted molar refractivity (Wildman–Crippen MR) is 62.2 cm³/mol. The summed E-state index contributed by atoms with van der Waals surface area (Å²) in [5.41, 5.74) is 5.82. The van der Waals surface area contributed by atoms with Gasteiger partial charge in [0.15, 0.2) is 5.13 Å². The first-order valence-corrected chi connectivity index (χ1v) is 5.44. The van der Waals surface area contributed by atoms with Crippen LogP contribution in [0.4, 0.5) is 5.13 Å². The van der Waals surface area contributed by atoms with E-state index in [9.17, 15) is 4.79 Å². The molecule has 0 amide bonds. The van der Waals surface area contributed by atoms with Crippen LogP contribution in [0.3, 0.4) is 0 Å². The number of pyridine rings is 1. The molecule has 0 aliphatic carbocycles. The zero-order valence-corrected chi connectivity index (χ0v) is 9.73. The Morgan fingerprint density at radius 3 is 2.71 bits per heavy atom.